The van der Waals surface area contributed by atoms with Crippen molar-refractivity contribution in [3.8, 4) is 0 Å². The third kappa shape index (κ3) is 9.96. The van der Waals surface area contributed by atoms with Crippen molar-refractivity contribution in [1.82, 2.24) is 31.1 Å². The van der Waals surface area contributed by atoms with Gasteiger partial charge >= 0.3 is 11.9 Å². The molecule has 0 spiro atoms. The van der Waals surface area contributed by atoms with Crippen LogP contribution < -0.4 is 21.3 Å². The highest BCUT2D eigenvalue weighted by Gasteiger charge is 2.38. The lowest BCUT2D eigenvalue weighted by molar-refractivity contribution is -0.143. The van der Waals surface area contributed by atoms with Gasteiger partial charge < -0.3 is 31.5 Å². The van der Waals surface area contributed by atoms with Gasteiger partial charge in [0.25, 0.3) is 23.6 Å². The van der Waals surface area contributed by atoms with E-state index in [1.165, 1.54) is 0 Å². The molecule has 0 bridgehead atoms. The van der Waals surface area contributed by atoms with Gasteiger partial charge in [-0.1, -0.05) is 0 Å². The number of nitrogens with zero attached hydrogens (tertiary/aromatic N) is 2. The molecule has 0 saturated carbocycles. The van der Waals surface area contributed by atoms with Crippen LogP contribution in [0.3, 0.4) is 0 Å². The standard InChI is InChI=1S/C24H28N6O12/c31-13(11-29-15(33)5-6-16(29)34)27-21(23(41)25-9-1-3-19(37)38)22(24(42)26-10-2-4-20(39)40)28-14(32)12-30-17(35)7-8-18(30)36/h5-8,21-22H,1-4,9-12H2,(H,25,41)(H,26,42)(H,27,31)(H,28,32)(H,37,38)(H,39,40)/t21-,22+. The Morgan fingerprint density at radius 1 is 0.595 bits per heavy atom. The molecule has 2 atom stereocenters. The number of carboxylic acid groups (broad SMARTS) is 2. The Kier molecular flexibility index (Phi) is 12.0. The second-order valence-corrected chi connectivity index (χ2v) is 8.86. The Hall–Kier alpha value is -5.42. The smallest absolute Gasteiger partial charge is 0.303 e. The van der Waals surface area contributed by atoms with Gasteiger partial charge in [0.15, 0.2) is 0 Å². The first-order valence-electron chi connectivity index (χ1n) is 12.4. The lowest BCUT2D eigenvalue weighted by atomic mass is 10.1. The van der Waals surface area contributed by atoms with E-state index < -0.39 is 84.4 Å². The third-order valence-corrected chi connectivity index (χ3v) is 5.67. The van der Waals surface area contributed by atoms with Crippen molar-refractivity contribution >= 4 is 59.2 Å². The number of rotatable bonds is 17. The summed E-state index contributed by atoms with van der Waals surface area (Å²) >= 11 is 0. The lowest BCUT2D eigenvalue weighted by Crippen LogP contribution is -2.65. The summed E-state index contributed by atoms with van der Waals surface area (Å²) < 4.78 is 0. The highest BCUT2D eigenvalue weighted by molar-refractivity contribution is 6.15. The van der Waals surface area contributed by atoms with Crippen molar-refractivity contribution in [3.63, 3.8) is 0 Å². The number of aliphatic carboxylic acids is 2. The fourth-order valence-corrected chi connectivity index (χ4v) is 3.62. The predicted molar refractivity (Wildman–Crippen MR) is 135 cm³/mol. The highest BCUT2D eigenvalue weighted by atomic mass is 16.4. The molecule has 0 radical (unpaired) electrons. The third-order valence-electron chi connectivity index (χ3n) is 5.67. The molecule has 226 valence electrons. The zero-order valence-corrected chi connectivity index (χ0v) is 22.0. The van der Waals surface area contributed by atoms with Crippen LogP contribution in [0.15, 0.2) is 24.3 Å². The van der Waals surface area contributed by atoms with Crippen molar-refractivity contribution in [2.24, 2.45) is 0 Å². The molecular weight excluding hydrogens is 564 g/mol. The molecule has 0 saturated heterocycles. The molecule has 0 aromatic carbocycles. The Morgan fingerprint density at radius 2 is 0.905 bits per heavy atom. The zero-order valence-electron chi connectivity index (χ0n) is 22.0. The molecule has 0 fully saturated rings. The first-order valence-corrected chi connectivity index (χ1v) is 12.4. The topological polar surface area (TPSA) is 266 Å². The van der Waals surface area contributed by atoms with Crippen LogP contribution in [0.4, 0.5) is 0 Å². The highest BCUT2D eigenvalue weighted by Crippen LogP contribution is 2.06. The fraction of sp³-hybridized carbons (Fsp3) is 0.417. The van der Waals surface area contributed by atoms with Crippen LogP contribution in [-0.2, 0) is 47.9 Å². The van der Waals surface area contributed by atoms with Crippen molar-refractivity contribution in [2.75, 3.05) is 26.2 Å². The van der Waals surface area contributed by atoms with E-state index in [1.807, 2.05) is 0 Å². The molecule has 8 amide bonds. The van der Waals surface area contributed by atoms with E-state index in [0.29, 0.717) is 9.80 Å². The van der Waals surface area contributed by atoms with E-state index in [2.05, 4.69) is 21.3 Å². The Morgan fingerprint density at radius 3 is 1.19 bits per heavy atom. The molecule has 2 aliphatic heterocycles. The van der Waals surface area contributed by atoms with E-state index in [4.69, 9.17) is 10.2 Å². The van der Waals surface area contributed by atoms with Gasteiger partial charge in [-0.15, -0.1) is 0 Å². The minimum atomic E-state index is -1.92. The fourth-order valence-electron chi connectivity index (χ4n) is 3.62. The molecule has 6 N–H and O–H groups in total. The van der Waals surface area contributed by atoms with Crippen LogP contribution in [0.2, 0.25) is 0 Å². The lowest BCUT2D eigenvalue weighted by Gasteiger charge is -2.28. The second-order valence-electron chi connectivity index (χ2n) is 8.86. The van der Waals surface area contributed by atoms with Gasteiger partial charge in [-0.05, 0) is 12.8 Å². The average Bonchev–Trinajstić information content (AvgIpc) is 3.40. The van der Waals surface area contributed by atoms with Gasteiger partial charge in [-0.3, -0.25) is 57.7 Å². The Balaban J connectivity index is 2.28. The van der Waals surface area contributed by atoms with Gasteiger partial charge in [-0.25, -0.2) is 0 Å². The van der Waals surface area contributed by atoms with Gasteiger partial charge in [0.1, 0.15) is 25.2 Å². The number of carbonyl (C=O) groups is 10. The van der Waals surface area contributed by atoms with E-state index >= 15 is 0 Å². The van der Waals surface area contributed by atoms with Crippen LogP contribution in [0.5, 0.6) is 0 Å². The van der Waals surface area contributed by atoms with Crippen LogP contribution in [0.1, 0.15) is 25.7 Å². The maximum atomic E-state index is 13.1. The molecular formula is C24H28N6O12. The summed E-state index contributed by atoms with van der Waals surface area (Å²) in [5, 5.41) is 26.6. The van der Waals surface area contributed by atoms with E-state index in [1.54, 1.807) is 0 Å². The Labute approximate surface area is 237 Å². The first-order chi connectivity index (χ1) is 19.8. The minimum Gasteiger partial charge on any atom is -0.481 e. The molecule has 2 heterocycles. The molecule has 2 aliphatic rings. The maximum Gasteiger partial charge on any atom is 0.303 e. The van der Waals surface area contributed by atoms with Crippen LogP contribution in [0.25, 0.3) is 0 Å². The van der Waals surface area contributed by atoms with Crippen LogP contribution in [-0.4, -0.2) is 117 Å². The number of carbonyl (C=O) groups excluding carboxylic acids is 8. The molecule has 0 aromatic heterocycles. The molecule has 0 unspecified atom stereocenters. The predicted octanol–water partition coefficient (Wildman–Crippen LogP) is -4.23. The van der Waals surface area contributed by atoms with Gasteiger partial charge in [0.2, 0.25) is 23.6 Å². The van der Waals surface area contributed by atoms with Crippen molar-refractivity contribution in [1.29, 1.82) is 0 Å². The quantitative estimate of drug-likeness (QED) is 0.0693. The second kappa shape index (κ2) is 15.4. The zero-order chi connectivity index (χ0) is 31.4. The molecule has 18 heteroatoms. The largest absolute Gasteiger partial charge is 0.481 e. The van der Waals surface area contributed by atoms with Gasteiger partial charge in [0.05, 0.1) is 0 Å². The summed E-state index contributed by atoms with van der Waals surface area (Å²) in [6.07, 6.45) is 2.87. The van der Waals surface area contributed by atoms with Crippen molar-refractivity contribution in [3.05, 3.63) is 24.3 Å². The molecule has 0 aliphatic carbocycles. The number of carboxylic acids is 2. The minimum absolute atomic E-state index is 0.0468. The van der Waals surface area contributed by atoms with Crippen LogP contribution >= 0.6 is 0 Å². The van der Waals surface area contributed by atoms with Gasteiger partial charge in [-0.2, -0.15) is 0 Å². The van der Waals surface area contributed by atoms with E-state index in [-0.39, 0.29) is 38.8 Å². The summed E-state index contributed by atoms with van der Waals surface area (Å²) in [6.45, 7) is -2.19. The molecule has 42 heavy (non-hydrogen) atoms. The Bertz CT molecular complexity index is 1110. The summed E-state index contributed by atoms with van der Waals surface area (Å²) in [4.78, 5) is 122. The monoisotopic (exact) mass is 592 g/mol. The van der Waals surface area contributed by atoms with Crippen LogP contribution in [0, 0.1) is 0 Å². The molecule has 2 rings (SSSR count). The number of nitrogens with one attached hydrogen (secondary N) is 4. The van der Waals surface area contributed by atoms with Crippen molar-refractivity contribution in [2.45, 2.75) is 37.8 Å². The summed E-state index contributed by atoms with van der Waals surface area (Å²) in [5.74, 6) is -9.95. The number of imide groups is 2. The molecule has 18 nitrogen and oxygen atoms in total. The molecule has 0 aromatic rings. The summed E-state index contributed by atoms with van der Waals surface area (Å²) in [6, 6.07) is -3.84. The SMILES string of the molecule is O=C(O)CCCNC(=O)[C@@H](NC(=O)CN1C(=O)C=CC1=O)[C@@H](NC(=O)CN1C(=O)C=CC1=O)C(=O)NCCCC(=O)O. The number of hydrogen-bond donors (Lipinski definition) is 6. The number of amides is 8. The van der Waals surface area contributed by atoms with E-state index in [0.717, 1.165) is 24.3 Å². The van der Waals surface area contributed by atoms with Crippen molar-refractivity contribution < 1.29 is 58.2 Å². The maximum absolute atomic E-state index is 13.1. The first kappa shape index (κ1) is 32.8. The van der Waals surface area contributed by atoms with E-state index in [9.17, 15) is 47.9 Å². The normalized spacial score (nSPS) is 15.4. The summed E-state index contributed by atoms with van der Waals surface area (Å²) in [5.41, 5.74) is 0. The average molecular weight is 593 g/mol. The summed E-state index contributed by atoms with van der Waals surface area (Å²) in [7, 11) is 0. The number of hydrogen-bond acceptors (Lipinski definition) is 10. The van der Waals surface area contributed by atoms with Gasteiger partial charge in [0, 0.05) is 50.2 Å².